The van der Waals surface area contributed by atoms with Crippen molar-refractivity contribution in [3.8, 4) is 0 Å². The second-order valence-corrected chi connectivity index (χ2v) is 7.59. The highest BCUT2D eigenvalue weighted by Crippen LogP contribution is 2.22. The first-order chi connectivity index (χ1) is 12.4. The maximum absolute atomic E-state index is 12.5. The minimum Gasteiger partial charge on any atom is -0.476 e. The van der Waals surface area contributed by atoms with Crippen LogP contribution in [0, 0.1) is 0 Å². The van der Waals surface area contributed by atoms with E-state index >= 15 is 0 Å². The summed E-state index contributed by atoms with van der Waals surface area (Å²) in [5, 5.41) is 11.5. The third-order valence-electron chi connectivity index (χ3n) is 3.93. The number of carboxylic acids is 1. The molecule has 1 aromatic carbocycles. The van der Waals surface area contributed by atoms with Gasteiger partial charge in [-0.15, -0.1) is 0 Å². The van der Waals surface area contributed by atoms with Crippen molar-refractivity contribution >= 4 is 27.6 Å². The monoisotopic (exact) mass is 376 g/mol. The van der Waals surface area contributed by atoms with Gasteiger partial charge in [-0.05, 0) is 37.1 Å². The molecule has 2 aromatic rings. The molecule has 1 amide bonds. The second-order valence-electron chi connectivity index (χ2n) is 5.65. The molecule has 0 aliphatic carbocycles. The first-order valence-electron chi connectivity index (χ1n) is 7.85. The normalized spacial score (nSPS) is 14.9. The fourth-order valence-corrected chi connectivity index (χ4v) is 4.16. The van der Waals surface area contributed by atoms with Crippen molar-refractivity contribution in [2.75, 3.05) is 18.4 Å². The number of rotatable bonds is 5. The van der Waals surface area contributed by atoms with Crippen molar-refractivity contribution in [1.29, 1.82) is 0 Å². The molecule has 2 N–H and O–H groups in total. The highest BCUT2D eigenvalue weighted by molar-refractivity contribution is 7.89. The SMILES string of the molecule is O=C(O)c1nccnc1C(=O)Nc1ccc(S(=O)(=O)N2CCCC2)cc1. The van der Waals surface area contributed by atoms with Crippen LogP contribution in [0.15, 0.2) is 41.6 Å². The van der Waals surface area contributed by atoms with Gasteiger partial charge in [0.15, 0.2) is 11.4 Å². The van der Waals surface area contributed by atoms with Crippen molar-refractivity contribution in [2.24, 2.45) is 0 Å². The Kier molecular flexibility index (Phi) is 4.96. The van der Waals surface area contributed by atoms with Gasteiger partial charge in [-0.2, -0.15) is 4.31 Å². The largest absolute Gasteiger partial charge is 0.476 e. The number of aromatic nitrogens is 2. The Labute approximate surface area is 149 Å². The molecule has 3 rings (SSSR count). The number of amides is 1. The zero-order chi connectivity index (χ0) is 18.7. The number of hydrogen-bond donors (Lipinski definition) is 2. The minimum atomic E-state index is -3.53. The summed E-state index contributed by atoms with van der Waals surface area (Å²) in [6, 6.07) is 5.69. The van der Waals surface area contributed by atoms with Gasteiger partial charge >= 0.3 is 5.97 Å². The van der Waals surface area contributed by atoms with Gasteiger partial charge in [0.1, 0.15) is 0 Å². The van der Waals surface area contributed by atoms with Crippen LogP contribution in [0.4, 0.5) is 5.69 Å². The van der Waals surface area contributed by atoms with Crippen LogP contribution >= 0.6 is 0 Å². The summed E-state index contributed by atoms with van der Waals surface area (Å²) in [6.45, 7) is 1.01. The van der Waals surface area contributed by atoms with Gasteiger partial charge in [-0.1, -0.05) is 0 Å². The Morgan fingerprint density at radius 1 is 1.00 bits per heavy atom. The van der Waals surface area contributed by atoms with E-state index in [1.54, 1.807) is 0 Å². The lowest BCUT2D eigenvalue weighted by atomic mass is 10.2. The van der Waals surface area contributed by atoms with Crippen LogP contribution in [0.1, 0.15) is 33.8 Å². The van der Waals surface area contributed by atoms with Crippen LogP contribution in [0.2, 0.25) is 0 Å². The van der Waals surface area contributed by atoms with Crippen molar-refractivity contribution < 1.29 is 23.1 Å². The molecule has 0 saturated carbocycles. The molecule has 10 heteroatoms. The molecule has 136 valence electrons. The Morgan fingerprint density at radius 3 is 2.15 bits per heavy atom. The van der Waals surface area contributed by atoms with Crippen molar-refractivity contribution in [2.45, 2.75) is 17.7 Å². The number of benzene rings is 1. The minimum absolute atomic E-state index is 0.142. The second kappa shape index (κ2) is 7.18. The van der Waals surface area contributed by atoms with E-state index in [0.29, 0.717) is 18.8 Å². The summed E-state index contributed by atoms with van der Waals surface area (Å²) in [5.41, 5.74) is -0.468. The number of sulfonamides is 1. The summed E-state index contributed by atoms with van der Waals surface area (Å²) >= 11 is 0. The maximum atomic E-state index is 12.5. The summed E-state index contributed by atoms with van der Waals surface area (Å²) < 4.78 is 26.4. The Balaban J connectivity index is 1.78. The number of hydrogen-bond acceptors (Lipinski definition) is 6. The van der Waals surface area contributed by atoms with Crippen LogP contribution < -0.4 is 5.32 Å². The smallest absolute Gasteiger partial charge is 0.356 e. The van der Waals surface area contributed by atoms with Gasteiger partial charge < -0.3 is 10.4 Å². The third kappa shape index (κ3) is 3.55. The summed E-state index contributed by atoms with van der Waals surface area (Å²) in [6.07, 6.45) is 4.08. The Bertz CT molecular complexity index is 937. The highest BCUT2D eigenvalue weighted by atomic mass is 32.2. The zero-order valence-corrected chi connectivity index (χ0v) is 14.4. The number of carbonyl (C=O) groups is 2. The fourth-order valence-electron chi connectivity index (χ4n) is 2.64. The summed E-state index contributed by atoms with van der Waals surface area (Å²) in [5.74, 6) is -2.11. The molecule has 1 fully saturated rings. The maximum Gasteiger partial charge on any atom is 0.356 e. The van der Waals surface area contributed by atoms with E-state index in [1.165, 1.54) is 41.0 Å². The molecular formula is C16H16N4O5S. The van der Waals surface area contributed by atoms with Crippen LogP contribution in [-0.2, 0) is 10.0 Å². The molecular weight excluding hydrogens is 360 g/mol. The standard InChI is InChI=1S/C16H16N4O5S/c21-15(13-14(16(22)23)18-8-7-17-13)19-11-3-5-12(6-4-11)26(24,25)20-9-1-2-10-20/h3-8H,1-2,9-10H2,(H,19,21)(H,22,23). The van der Waals surface area contributed by atoms with Crippen LogP contribution in [0.25, 0.3) is 0 Å². The van der Waals surface area contributed by atoms with Gasteiger partial charge in [0.25, 0.3) is 5.91 Å². The number of aromatic carboxylic acids is 1. The molecule has 0 spiro atoms. The molecule has 0 bridgehead atoms. The number of carbonyl (C=O) groups excluding carboxylic acids is 1. The number of nitrogens with one attached hydrogen (secondary N) is 1. The molecule has 1 aromatic heterocycles. The van der Waals surface area contributed by atoms with Gasteiger partial charge in [0.05, 0.1) is 4.90 Å². The van der Waals surface area contributed by atoms with Gasteiger partial charge in [0, 0.05) is 31.2 Å². The summed E-state index contributed by atoms with van der Waals surface area (Å²) in [4.78, 5) is 30.8. The lowest BCUT2D eigenvalue weighted by molar-refractivity contribution is 0.0685. The lowest BCUT2D eigenvalue weighted by Crippen LogP contribution is -2.27. The van der Waals surface area contributed by atoms with Gasteiger partial charge in [0.2, 0.25) is 10.0 Å². The van der Waals surface area contributed by atoms with Crippen molar-refractivity contribution in [3.63, 3.8) is 0 Å². The van der Waals surface area contributed by atoms with E-state index in [9.17, 15) is 18.0 Å². The average molecular weight is 376 g/mol. The van der Waals surface area contributed by atoms with Gasteiger partial charge in [-0.25, -0.2) is 23.2 Å². The predicted octanol–water partition coefficient (Wildman–Crippen LogP) is 1.21. The summed E-state index contributed by atoms with van der Waals surface area (Å²) in [7, 11) is -3.53. The van der Waals surface area contributed by atoms with Crippen LogP contribution in [0.3, 0.4) is 0 Å². The zero-order valence-electron chi connectivity index (χ0n) is 13.6. The predicted molar refractivity (Wildman–Crippen MR) is 91.4 cm³/mol. The average Bonchev–Trinajstić information content (AvgIpc) is 3.17. The van der Waals surface area contributed by atoms with E-state index < -0.39 is 27.6 Å². The van der Waals surface area contributed by atoms with Gasteiger partial charge in [-0.3, -0.25) is 4.79 Å². The van der Waals surface area contributed by atoms with E-state index in [2.05, 4.69) is 15.3 Å². The molecule has 1 aliphatic rings. The highest BCUT2D eigenvalue weighted by Gasteiger charge is 2.27. The van der Waals surface area contributed by atoms with E-state index in [1.807, 2.05) is 0 Å². The molecule has 1 saturated heterocycles. The molecule has 0 radical (unpaired) electrons. The van der Waals surface area contributed by atoms with Crippen molar-refractivity contribution in [1.82, 2.24) is 14.3 Å². The van der Waals surface area contributed by atoms with E-state index in [-0.39, 0.29) is 10.6 Å². The fraction of sp³-hybridized carbons (Fsp3) is 0.250. The number of nitrogens with zero attached hydrogens (tertiary/aromatic N) is 3. The molecule has 0 unspecified atom stereocenters. The Hall–Kier alpha value is -2.85. The number of carboxylic acid groups (broad SMARTS) is 1. The van der Waals surface area contributed by atoms with Crippen molar-refractivity contribution in [3.05, 3.63) is 48.0 Å². The molecule has 26 heavy (non-hydrogen) atoms. The molecule has 2 heterocycles. The van der Waals surface area contributed by atoms with Crippen LogP contribution in [-0.4, -0.2) is 52.8 Å². The Morgan fingerprint density at radius 2 is 1.58 bits per heavy atom. The lowest BCUT2D eigenvalue weighted by Gasteiger charge is -2.15. The third-order valence-corrected chi connectivity index (χ3v) is 5.84. The molecule has 9 nitrogen and oxygen atoms in total. The van der Waals surface area contributed by atoms with E-state index in [0.717, 1.165) is 12.8 Å². The molecule has 1 aliphatic heterocycles. The number of anilines is 1. The quantitative estimate of drug-likeness (QED) is 0.802. The van der Waals surface area contributed by atoms with E-state index in [4.69, 9.17) is 5.11 Å². The van der Waals surface area contributed by atoms with Crippen LogP contribution in [0.5, 0.6) is 0 Å². The topological polar surface area (TPSA) is 130 Å². The molecule has 0 atom stereocenters. The first kappa shape index (κ1) is 18.0. The first-order valence-corrected chi connectivity index (χ1v) is 9.29.